The number of ether oxygens (including phenoxy) is 2. The van der Waals surface area contributed by atoms with Crippen LogP contribution in [0, 0.1) is 0 Å². The van der Waals surface area contributed by atoms with Gasteiger partial charge in [-0.1, -0.05) is 24.3 Å². The maximum atomic E-state index is 12.4. The van der Waals surface area contributed by atoms with Gasteiger partial charge < -0.3 is 34.9 Å². The molecule has 38 heavy (non-hydrogen) atoms. The van der Waals surface area contributed by atoms with Crippen molar-refractivity contribution < 1.29 is 34.1 Å². The zero-order valence-corrected chi connectivity index (χ0v) is 21.3. The van der Waals surface area contributed by atoms with E-state index in [0.29, 0.717) is 12.2 Å². The van der Waals surface area contributed by atoms with Gasteiger partial charge in [0.25, 0.3) is 5.91 Å². The summed E-state index contributed by atoms with van der Waals surface area (Å²) >= 11 is 0. The van der Waals surface area contributed by atoms with Gasteiger partial charge in [0.15, 0.2) is 0 Å². The number of aliphatic carboxylic acids is 2. The largest absolute Gasteiger partial charge is 0.497 e. The number of piperazine rings is 1. The lowest BCUT2D eigenvalue weighted by molar-refractivity contribution is -0.159. The van der Waals surface area contributed by atoms with E-state index in [1.165, 1.54) is 0 Å². The molecular weight excluding hydrogens is 492 g/mol. The Balaban J connectivity index is 0.000000599. The van der Waals surface area contributed by atoms with Crippen LogP contribution in [-0.4, -0.2) is 91.4 Å². The highest BCUT2D eigenvalue weighted by Gasteiger charge is 2.18. The second-order valence-corrected chi connectivity index (χ2v) is 8.39. The SMILES string of the molecule is COc1ccc2[nH]c(C(=O)NC/C=C/CN3CCN(c4ccccc4OC)CC3)cc2c1.O=C(O)C(=O)O. The van der Waals surface area contributed by atoms with Gasteiger partial charge in [0.05, 0.1) is 19.9 Å². The summed E-state index contributed by atoms with van der Waals surface area (Å²) in [6, 6.07) is 15.7. The van der Waals surface area contributed by atoms with E-state index in [1.807, 2.05) is 48.5 Å². The molecule has 202 valence electrons. The van der Waals surface area contributed by atoms with E-state index >= 15 is 0 Å². The van der Waals surface area contributed by atoms with Crippen LogP contribution in [0.25, 0.3) is 10.9 Å². The van der Waals surface area contributed by atoms with Crippen molar-refractivity contribution in [3.8, 4) is 11.5 Å². The Morgan fingerprint density at radius 3 is 2.32 bits per heavy atom. The minimum Gasteiger partial charge on any atom is -0.497 e. The fraction of sp³-hybridized carbons (Fsp3) is 0.296. The number of rotatable bonds is 8. The number of amides is 1. The Bertz CT molecular complexity index is 1270. The molecule has 0 radical (unpaired) electrons. The Hall–Kier alpha value is -4.51. The molecule has 1 aliphatic rings. The lowest BCUT2D eigenvalue weighted by Gasteiger charge is -2.36. The first kappa shape index (κ1) is 28.1. The highest BCUT2D eigenvalue weighted by Crippen LogP contribution is 2.28. The second kappa shape index (κ2) is 13.7. The van der Waals surface area contributed by atoms with Gasteiger partial charge in [-0.2, -0.15) is 0 Å². The van der Waals surface area contributed by atoms with Crippen LogP contribution in [0.2, 0.25) is 0 Å². The zero-order chi connectivity index (χ0) is 27.5. The highest BCUT2D eigenvalue weighted by molar-refractivity contribution is 6.27. The molecule has 0 bridgehead atoms. The van der Waals surface area contributed by atoms with Crippen LogP contribution in [0.15, 0.2) is 60.7 Å². The third-order valence-electron chi connectivity index (χ3n) is 5.96. The number of hydrogen-bond acceptors (Lipinski definition) is 7. The summed E-state index contributed by atoms with van der Waals surface area (Å²) in [6.07, 6.45) is 4.13. The first-order valence-corrected chi connectivity index (χ1v) is 12.0. The predicted molar refractivity (Wildman–Crippen MR) is 143 cm³/mol. The number of H-pyrrole nitrogens is 1. The molecule has 11 nitrogen and oxygen atoms in total. The number of aromatic nitrogens is 1. The molecule has 0 aliphatic carbocycles. The number of para-hydroxylation sites is 2. The molecular formula is C27H32N4O7. The number of carboxylic acids is 2. The van der Waals surface area contributed by atoms with Crippen molar-refractivity contribution in [2.45, 2.75) is 0 Å². The number of nitrogens with one attached hydrogen (secondary N) is 2. The number of carboxylic acid groups (broad SMARTS) is 2. The monoisotopic (exact) mass is 524 g/mol. The molecule has 3 aromatic rings. The molecule has 2 aromatic carbocycles. The number of nitrogens with zero attached hydrogens (tertiary/aromatic N) is 2. The van der Waals surface area contributed by atoms with E-state index in [9.17, 15) is 4.79 Å². The van der Waals surface area contributed by atoms with E-state index in [4.69, 9.17) is 29.3 Å². The van der Waals surface area contributed by atoms with Gasteiger partial charge in [0.1, 0.15) is 17.2 Å². The standard InChI is InChI=1S/C25H30N4O3.C2H2O4/c1-31-20-9-10-21-19(17-20)18-22(27-21)25(30)26-11-5-6-12-28-13-15-29(16-14-28)23-7-3-4-8-24(23)32-2;3-1(4)2(5)6/h3-10,17-18,27H,11-16H2,1-2H3,(H,26,30);(H,3,4)(H,5,6)/b6-5+;. The number of methoxy groups -OCH3 is 2. The Morgan fingerprint density at radius 1 is 0.947 bits per heavy atom. The molecule has 1 aromatic heterocycles. The van der Waals surface area contributed by atoms with Gasteiger partial charge in [-0.05, 0) is 36.4 Å². The lowest BCUT2D eigenvalue weighted by atomic mass is 10.2. The van der Waals surface area contributed by atoms with Crippen LogP contribution >= 0.6 is 0 Å². The van der Waals surface area contributed by atoms with Crippen LogP contribution in [0.3, 0.4) is 0 Å². The van der Waals surface area contributed by atoms with Crippen LogP contribution in [0.5, 0.6) is 11.5 Å². The number of aromatic amines is 1. The van der Waals surface area contributed by atoms with Gasteiger partial charge in [-0.25, -0.2) is 9.59 Å². The van der Waals surface area contributed by atoms with Gasteiger partial charge in [0.2, 0.25) is 0 Å². The van der Waals surface area contributed by atoms with E-state index in [-0.39, 0.29) is 5.91 Å². The smallest absolute Gasteiger partial charge is 0.414 e. The van der Waals surface area contributed by atoms with Crippen molar-refractivity contribution >= 4 is 34.4 Å². The Morgan fingerprint density at radius 2 is 1.66 bits per heavy atom. The average Bonchev–Trinajstić information content (AvgIpc) is 3.37. The van der Waals surface area contributed by atoms with Crippen molar-refractivity contribution in [1.29, 1.82) is 0 Å². The topological polar surface area (TPSA) is 144 Å². The van der Waals surface area contributed by atoms with Gasteiger partial charge >= 0.3 is 11.9 Å². The van der Waals surface area contributed by atoms with Gasteiger partial charge in [-0.3, -0.25) is 9.69 Å². The third kappa shape index (κ3) is 7.74. The van der Waals surface area contributed by atoms with Crippen LogP contribution in [-0.2, 0) is 9.59 Å². The molecule has 0 atom stereocenters. The summed E-state index contributed by atoms with van der Waals surface area (Å²) in [7, 11) is 3.35. The predicted octanol–water partition coefficient (Wildman–Crippen LogP) is 2.45. The fourth-order valence-corrected chi connectivity index (χ4v) is 3.98. The summed E-state index contributed by atoms with van der Waals surface area (Å²) in [6.45, 7) is 5.30. The summed E-state index contributed by atoms with van der Waals surface area (Å²) < 4.78 is 10.7. The quantitative estimate of drug-likeness (QED) is 0.258. The number of benzene rings is 2. The fourth-order valence-electron chi connectivity index (χ4n) is 3.98. The van der Waals surface area contributed by atoms with Crippen LogP contribution in [0.1, 0.15) is 10.5 Å². The molecule has 11 heteroatoms. The van der Waals surface area contributed by atoms with Crippen molar-refractivity contribution in [3.63, 3.8) is 0 Å². The molecule has 0 spiro atoms. The van der Waals surface area contributed by atoms with E-state index in [2.05, 4.69) is 32.2 Å². The minimum absolute atomic E-state index is 0.116. The number of carbonyl (C=O) groups excluding carboxylic acids is 1. The van der Waals surface area contributed by atoms with Gasteiger partial charge in [-0.15, -0.1) is 0 Å². The third-order valence-corrected chi connectivity index (χ3v) is 5.96. The number of carbonyl (C=O) groups is 3. The molecule has 4 N–H and O–H groups in total. The molecule has 2 heterocycles. The van der Waals surface area contributed by atoms with E-state index in [1.54, 1.807) is 14.2 Å². The molecule has 4 rings (SSSR count). The van der Waals surface area contributed by atoms with Crippen molar-refractivity contribution in [3.05, 3.63) is 66.4 Å². The average molecular weight is 525 g/mol. The second-order valence-electron chi connectivity index (χ2n) is 8.39. The summed E-state index contributed by atoms with van der Waals surface area (Å²) in [5, 5.41) is 18.7. The molecule has 0 saturated carbocycles. The van der Waals surface area contributed by atoms with Crippen molar-refractivity contribution in [1.82, 2.24) is 15.2 Å². The van der Waals surface area contributed by atoms with Crippen molar-refractivity contribution in [2.24, 2.45) is 0 Å². The lowest BCUT2D eigenvalue weighted by Crippen LogP contribution is -2.46. The van der Waals surface area contributed by atoms with Crippen molar-refractivity contribution in [2.75, 3.05) is 58.4 Å². The molecule has 1 aliphatic heterocycles. The molecule has 1 amide bonds. The van der Waals surface area contributed by atoms with E-state index < -0.39 is 11.9 Å². The summed E-state index contributed by atoms with van der Waals surface area (Å²) in [4.78, 5) is 38.6. The number of anilines is 1. The normalized spacial score (nSPS) is 13.6. The minimum atomic E-state index is -1.82. The van der Waals surface area contributed by atoms with Crippen LogP contribution < -0.4 is 19.7 Å². The molecule has 0 unspecified atom stereocenters. The van der Waals surface area contributed by atoms with E-state index in [0.717, 1.165) is 60.8 Å². The zero-order valence-electron chi connectivity index (χ0n) is 21.3. The molecule has 1 saturated heterocycles. The highest BCUT2D eigenvalue weighted by atomic mass is 16.5. The summed E-state index contributed by atoms with van der Waals surface area (Å²) in [5.41, 5.74) is 2.62. The number of hydrogen-bond donors (Lipinski definition) is 4. The molecule has 1 fully saturated rings. The number of fused-ring (bicyclic) bond motifs is 1. The Labute approximate surface area is 220 Å². The first-order valence-electron chi connectivity index (χ1n) is 12.0. The van der Waals surface area contributed by atoms with Gasteiger partial charge in [0, 0.05) is 50.2 Å². The van der Waals surface area contributed by atoms with Crippen LogP contribution in [0.4, 0.5) is 5.69 Å². The maximum absolute atomic E-state index is 12.4. The Kier molecular flexibility index (Phi) is 10.1. The maximum Gasteiger partial charge on any atom is 0.414 e. The summed E-state index contributed by atoms with van der Waals surface area (Å²) in [5.74, 6) is -2.07. The first-order chi connectivity index (χ1) is 18.3.